The fourth-order valence-corrected chi connectivity index (χ4v) is 2.95. The summed E-state index contributed by atoms with van der Waals surface area (Å²) in [6.45, 7) is 0.714. The molecule has 0 bridgehead atoms. The van der Waals surface area contributed by atoms with Gasteiger partial charge < -0.3 is 16.0 Å². The van der Waals surface area contributed by atoms with Crippen LogP contribution in [-0.4, -0.2) is 23.4 Å². The molecule has 1 aromatic carbocycles. The Bertz CT molecular complexity index is 636. The standard InChI is InChI=1S/C15H18N4OS/c1-19(9-10-5-3-2-4-6-10)15-12(13(16)18-21-15)14(20)17-11-7-8-11/h2-6,11H,7-9H2,1H3,(H2,16,18)(H,17,20). The first-order valence-electron chi connectivity index (χ1n) is 6.96. The zero-order valence-electron chi connectivity index (χ0n) is 11.9. The lowest BCUT2D eigenvalue weighted by Gasteiger charge is -2.18. The van der Waals surface area contributed by atoms with E-state index in [0.29, 0.717) is 24.0 Å². The molecular weight excluding hydrogens is 284 g/mol. The number of hydrogen-bond donors (Lipinski definition) is 2. The minimum absolute atomic E-state index is 0.112. The van der Waals surface area contributed by atoms with Gasteiger partial charge in [0.1, 0.15) is 10.6 Å². The average Bonchev–Trinajstić information content (AvgIpc) is 3.19. The van der Waals surface area contributed by atoms with Crippen molar-refractivity contribution in [1.82, 2.24) is 9.69 Å². The molecule has 1 saturated carbocycles. The monoisotopic (exact) mass is 302 g/mol. The molecule has 3 rings (SSSR count). The van der Waals surface area contributed by atoms with Gasteiger partial charge in [-0.05, 0) is 29.9 Å². The van der Waals surface area contributed by atoms with Crippen molar-refractivity contribution in [3.8, 4) is 0 Å². The van der Waals surface area contributed by atoms with Gasteiger partial charge in [0.15, 0.2) is 5.82 Å². The second kappa shape index (κ2) is 5.73. The molecule has 1 aromatic heterocycles. The Morgan fingerprint density at radius 3 is 2.81 bits per heavy atom. The third-order valence-corrected chi connectivity index (χ3v) is 4.43. The maximum absolute atomic E-state index is 12.3. The van der Waals surface area contributed by atoms with Crippen molar-refractivity contribution in [2.75, 3.05) is 17.7 Å². The van der Waals surface area contributed by atoms with E-state index in [1.165, 1.54) is 17.1 Å². The smallest absolute Gasteiger partial charge is 0.258 e. The number of nitrogens with one attached hydrogen (secondary N) is 1. The fourth-order valence-electron chi connectivity index (χ4n) is 2.18. The van der Waals surface area contributed by atoms with Gasteiger partial charge in [-0.1, -0.05) is 30.3 Å². The fraction of sp³-hybridized carbons (Fsp3) is 0.333. The van der Waals surface area contributed by atoms with Crippen molar-refractivity contribution in [2.45, 2.75) is 25.4 Å². The number of aromatic nitrogens is 1. The van der Waals surface area contributed by atoms with E-state index in [1.54, 1.807) is 0 Å². The summed E-state index contributed by atoms with van der Waals surface area (Å²) in [5.41, 5.74) is 7.57. The van der Waals surface area contributed by atoms with Gasteiger partial charge in [-0.3, -0.25) is 4.79 Å². The van der Waals surface area contributed by atoms with Crippen molar-refractivity contribution in [3.63, 3.8) is 0 Å². The molecule has 0 saturated heterocycles. The third-order valence-electron chi connectivity index (χ3n) is 3.45. The van der Waals surface area contributed by atoms with E-state index in [9.17, 15) is 4.79 Å². The first kappa shape index (κ1) is 13.9. The maximum Gasteiger partial charge on any atom is 0.258 e. The molecule has 0 unspecified atom stereocenters. The Kier molecular flexibility index (Phi) is 3.79. The summed E-state index contributed by atoms with van der Waals surface area (Å²) in [7, 11) is 1.95. The van der Waals surface area contributed by atoms with Gasteiger partial charge >= 0.3 is 0 Å². The van der Waals surface area contributed by atoms with Crippen LogP contribution in [0.4, 0.5) is 10.8 Å². The van der Waals surface area contributed by atoms with E-state index < -0.39 is 0 Å². The Balaban J connectivity index is 1.79. The molecule has 1 aliphatic carbocycles. The van der Waals surface area contributed by atoms with Crippen LogP contribution in [0.5, 0.6) is 0 Å². The summed E-state index contributed by atoms with van der Waals surface area (Å²) in [6, 6.07) is 10.4. The number of anilines is 2. The van der Waals surface area contributed by atoms with E-state index in [-0.39, 0.29) is 5.91 Å². The zero-order valence-corrected chi connectivity index (χ0v) is 12.7. The van der Waals surface area contributed by atoms with Crippen LogP contribution >= 0.6 is 11.5 Å². The summed E-state index contributed by atoms with van der Waals surface area (Å²) >= 11 is 1.27. The number of carbonyl (C=O) groups is 1. The SMILES string of the molecule is CN(Cc1ccccc1)c1snc(N)c1C(=O)NC1CC1. The summed E-state index contributed by atoms with van der Waals surface area (Å²) < 4.78 is 4.14. The molecule has 0 radical (unpaired) electrons. The number of amides is 1. The van der Waals surface area contributed by atoms with Crippen LogP contribution in [0.2, 0.25) is 0 Å². The molecule has 6 heteroatoms. The minimum atomic E-state index is -0.112. The lowest BCUT2D eigenvalue weighted by molar-refractivity contribution is 0.0952. The highest BCUT2D eigenvalue weighted by molar-refractivity contribution is 7.11. The highest BCUT2D eigenvalue weighted by Crippen LogP contribution is 2.31. The molecule has 3 N–H and O–H groups in total. The molecule has 1 aliphatic rings. The first-order chi connectivity index (χ1) is 10.1. The number of nitrogens with two attached hydrogens (primary N) is 1. The Morgan fingerprint density at radius 2 is 2.14 bits per heavy atom. The lowest BCUT2D eigenvalue weighted by Crippen LogP contribution is -2.28. The van der Waals surface area contributed by atoms with Crippen molar-refractivity contribution >= 4 is 28.3 Å². The van der Waals surface area contributed by atoms with Gasteiger partial charge in [-0.15, -0.1) is 0 Å². The largest absolute Gasteiger partial charge is 0.382 e. The second-order valence-electron chi connectivity index (χ2n) is 5.34. The number of nitrogens with zero attached hydrogens (tertiary/aromatic N) is 2. The number of carbonyl (C=O) groups excluding carboxylic acids is 1. The Labute approximate surface area is 127 Å². The van der Waals surface area contributed by atoms with Crippen LogP contribution in [-0.2, 0) is 6.54 Å². The van der Waals surface area contributed by atoms with Gasteiger partial charge in [-0.2, -0.15) is 4.37 Å². The van der Waals surface area contributed by atoms with Crippen molar-refractivity contribution in [2.24, 2.45) is 0 Å². The number of benzene rings is 1. The van der Waals surface area contributed by atoms with Gasteiger partial charge in [-0.25, -0.2) is 0 Å². The summed E-state index contributed by atoms with van der Waals surface area (Å²) in [5.74, 6) is 0.201. The van der Waals surface area contributed by atoms with Gasteiger partial charge in [0.05, 0.1) is 0 Å². The average molecular weight is 302 g/mol. The van der Waals surface area contributed by atoms with E-state index >= 15 is 0 Å². The predicted octanol–water partition coefficient (Wildman–Crippen LogP) is 2.25. The van der Waals surface area contributed by atoms with Crippen molar-refractivity contribution < 1.29 is 4.79 Å². The van der Waals surface area contributed by atoms with Gasteiger partial charge in [0.25, 0.3) is 5.91 Å². The van der Waals surface area contributed by atoms with Gasteiger partial charge in [0.2, 0.25) is 0 Å². The molecule has 110 valence electrons. The maximum atomic E-state index is 12.3. The number of hydrogen-bond acceptors (Lipinski definition) is 5. The number of nitrogen functional groups attached to an aromatic ring is 1. The van der Waals surface area contributed by atoms with Crippen LogP contribution < -0.4 is 16.0 Å². The van der Waals surface area contributed by atoms with Crippen LogP contribution in [0.15, 0.2) is 30.3 Å². The topological polar surface area (TPSA) is 71.2 Å². The van der Waals surface area contributed by atoms with Crippen LogP contribution in [0, 0.1) is 0 Å². The minimum Gasteiger partial charge on any atom is -0.382 e. The molecule has 0 atom stereocenters. The normalized spacial score (nSPS) is 14.0. The highest BCUT2D eigenvalue weighted by Gasteiger charge is 2.28. The molecular formula is C15H18N4OS. The van der Waals surface area contributed by atoms with E-state index in [0.717, 1.165) is 17.8 Å². The molecule has 21 heavy (non-hydrogen) atoms. The van der Waals surface area contributed by atoms with E-state index in [4.69, 9.17) is 5.73 Å². The van der Waals surface area contributed by atoms with Crippen molar-refractivity contribution in [3.05, 3.63) is 41.5 Å². The lowest BCUT2D eigenvalue weighted by atomic mass is 10.2. The van der Waals surface area contributed by atoms with Crippen molar-refractivity contribution in [1.29, 1.82) is 0 Å². The van der Waals surface area contributed by atoms with Gasteiger partial charge in [0, 0.05) is 19.6 Å². The summed E-state index contributed by atoms with van der Waals surface area (Å²) in [6.07, 6.45) is 2.11. The molecule has 5 nitrogen and oxygen atoms in total. The third kappa shape index (κ3) is 3.16. The molecule has 2 aromatic rings. The zero-order chi connectivity index (χ0) is 14.8. The second-order valence-corrected chi connectivity index (χ2v) is 6.09. The predicted molar refractivity (Wildman–Crippen MR) is 85.6 cm³/mol. The molecule has 1 heterocycles. The Hall–Kier alpha value is -2.08. The summed E-state index contributed by atoms with van der Waals surface area (Å²) in [4.78, 5) is 14.3. The molecule has 1 amide bonds. The molecule has 0 spiro atoms. The molecule has 0 aliphatic heterocycles. The molecule has 1 fully saturated rings. The quantitative estimate of drug-likeness (QED) is 0.888. The van der Waals surface area contributed by atoms with E-state index in [1.807, 2.05) is 30.1 Å². The van der Waals surface area contributed by atoms with E-state index in [2.05, 4.69) is 21.8 Å². The van der Waals surface area contributed by atoms with Crippen LogP contribution in [0.25, 0.3) is 0 Å². The highest BCUT2D eigenvalue weighted by atomic mass is 32.1. The first-order valence-corrected chi connectivity index (χ1v) is 7.73. The van der Waals surface area contributed by atoms with Crippen LogP contribution in [0.1, 0.15) is 28.8 Å². The van der Waals surface area contributed by atoms with Crippen LogP contribution in [0.3, 0.4) is 0 Å². The Morgan fingerprint density at radius 1 is 1.43 bits per heavy atom. The number of rotatable bonds is 5. The summed E-state index contributed by atoms with van der Waals surface area (Å²) in [5, 5.41) is 3.79.